The molecule has 8 N–H and O–H groups in total. The predicted molar refractivity (Wildman–Crippen MR) is 86.1 cm³/mol. The van der Waals surface area contributed by atoms with Crippen molar-refractivity contribution in [2.24, 2.45) is 17.3 Å². The van der Waals surface area contributed by atoms with Gasteiger partial charge in [-0.25, -0.2) is 0 Å². The Bertz CT molecular complexity index is 184. The Balaban J connectivity index is -0.000000264. The topological polar surface area (TPSA) is 162 Å². The van der Waals surface area contributed by atoms with Crippen LogP contribution in [0.2, 0.25) is 0 Å². The van der Waals surface area contributed by atoms with Gasteiger partial charge in [0.15, 0.2) is 12.6 Å². The van der Waals surface area contributed by atoms with E-state index >= 15 is 0 Å². The number of aliphatic hydroxyl groups is 8. The fourth-order valence-electron chi connectivity index (χ4n) is 1.14. The van der Waals surface area contributed by atoms with Crippen molar-refractivity contribution in [3.8, 4) is 0 Å². The molecular formula is C15H36O8. The van der Waals surface area contributed by atoms with Crippen molar-refractivity contribution >= 4 is 0 Å². The minimum Gasteiger partial charge on any atom is -0.396 e. The number of aliphatic hydroxyl groups excluding tert-OH is 6. The van der Waals surface area contributed by atoms with Gasteiger partial charge in [-0.2, -0.15) is 0 Å². The Morgan fingerprint density at radius 2 is 0.783 bits per heavy atom. The Hall–Kier alpha value is -0.320. The first kappa shape index (κ1) is 27.5. The van der Waals surface area contributed by atoms with E-state index in [1.807, 2.05) is 27.7 Å². The molecule has 0 radical (unpaired) electrons. The summed E-state index contributed by atoms with van der Waals surface area (Å²) in [6.45, 7) is 6.15. The van der Waals surface area contributed by atoms with E-state index in [-0.39, 0.29) is 0 Å². The summed E-state index contributed by atoms with van der Waals surface area (Å²) in [5, 5.41) is 67.1. The zero-order chi connectivity index (χ0) is 19.1. The molecule has 0 aromatic rings. The smallest absolute Gasteiger partial charge is 0.151 e. The highest BCUT2D eigenvalue weighted by Crippen LogP contribution is 2.11. The van der Waals surface area contributed by atoms with Crippen LogP contribution in [-0.4, -0.2) is 79.9 Å². The fraction of sp³-hybridized carbons (Fsp3) is 1.00. The normalized spacial score (nSPS) is 11.5. The van der Waals surface area contributed by atoms with Crippen molar-refractivity contribution < 1.29 is 40.9 Å². The van der Waals surface area contributed by atoms with Crippen molar-refractivity contribution in [3.63, 3.8) is 0 Å². The van der Waals surface area contributed by atoms with Crippen LogP contribution in [0.3, 0.4) is 0 Å². The van der Waals surface area contributed by atoms with Gasteiger partial charge < -0.3 is 40.9 Å². The summed E-state index contributed by atoms with van der Waals surface area (Å²) >= 11 is 0. The maximum absolute atomic E-state index is 8.50. The third kappa shape index (κ3) is 21.7. The largest absolute Gasteiger partial charge is 0.396 e. The molecule has 144 valence electrons. The van der Waals surface area contributed by atoms with Gasteiger partial charge in [0.2, 0.25) is 0 Å². The van der Waals surface area contributed by atoms with E-state index in [4.69, 9.17) is 40.9 Å². The van der Waals surface area contributed by atoms with Crippen LogP contribution in [0.5, 0.6) is 0 Å². The molecule has 0 aromatic carbocycles. The van der Waals surface area contributed by atoms with Gasteiger partial charge in [-0.1, -0.05) is 27.7 Å². The number of hydrogen-bond acceptors (Lipinski definition) is 8. The molecule has 0 fully saturated rings. The molecular weight excluding hydrogens is 308 g/mol. The molecule has 0 aliphatic rings. The van der Waals surface area contributed by atoms with Crippen LogP contribution in [-0.2, 0) is 0 Å². The van der Waals surface area contributed by atoms with Gasteiger partial charge in [-0.3, -0.25) is 0 Å². The summed E-state index contributed by atoms with van der Waals surface area (Å²) in [6, 6.07) is 0. The van der Waals surface area contributed by atoms with Gasteiger partial charge in [0.1, 0.15) is 0 Å². The Labute approximate surface area is 138 Å². The third-order valence-electron chi connectivity index (χ3n) is 2.71. The van der Waals surface area contributed by atoms with Gasteiger partial charge >= 0.3 is 0 Å². The highest BCUT2D eigenvalue weighted by Gasteiger charge is 2.26. The monoisotopic (exact) mass is 344 g/mol. The molecule has 0 aliphatic carbocycles. The standard InChI is InChI=1S/C5H12O4.2C5H12O2/c6-1-5(2-7,3-8)4-9;2*1-4(2)3-5(6)7/h6-9H,1-4H2;2*4-7H,3H2,1-2H3. The summed E-state index contributed by atoms with van der Waals surface area (Å²) in [6.07, 6.45) is -1.31. The summed E-state index contributed by atoms with van der Waals surface area (Å²) < 4.78 is 0. The molecule has 0 saturated carbocycles. The van der Waals surface area contributed by atoms with E-state index in [2.05, 4.69) is 0 Å². The van der Waals surface area contributed by atoms with E-state index in [0.717, 1.165) is 0 Å². The minimum absolute atomic E-state index is 0.375. The summed E-state index contributed by atoms with van der Waals surface area (Å²) in [5.41, 5.74) is -1.11. The Morgan fingerprint density at radius 1 is 0.565 bits per heavy atom. The lowest BCUT2D eigenvalue weighted by Gasteiger charge is -2.23. The Morgan fingerprint density at radius 3 is 0.783 bits per heavy atom. The van der Waals surface area contributed by atoms with Crippen LogP contribution < -0.4 is 0 Å². The van der Waals surface area contributed by atoms with Crippen molar-refractivity contribution in [1.29, 1.82) is 0 Å². The number of hydrogen-bond donors (Lipinski definition) is 8. The predicted octanol–water partition coefficient (Wildman–Crippen LogP) is -1.37. The first-order valence-electron chi connectivity index (χ1n) is 7.65. The molecule has 0 saturated heterocycles. The minimum atomic E-state index is -1.13. The highest BCUT2D eigenvalue weighted by molar-refractivity contribution is 4.74. The SMILES string of the molecule is CC(C)CC(O)O.CC(C)CC(O)O.OCC(CO)(CO)CO. The van der Waals surface area contributed by atoms with Crippen LogP contribution >= 0.6 is 0 Å². The van der Waals surface area contributed by atoms with Gasteiger partial charge in [0.05, 0.1) is 31.8 Å². The molecule has 23 heavy (non-hydrogen) atoms. The van der Waals surface area contributed by atoms with Crippen molar-refractivity contribution in [1.82, 2.24) is 0 Å². The lowest BCUT2D eigenvalue weighted by atomic mass is 9.93. The average Bonchev–Trinajstić information content (AvgIpc) is 2.40. The second-order valence-electron chi connectivity index (χ2n) is 6.35. The van der Waals surface area contributed by atoms with Gasteiger partial charge in [-0.05, 0) is 11.8 Å². The molecule has 0 aliphatic heterocycles. The Kier molecular flexibility index (Phi) is 19.8. The molecule has 0 unspecified atom stereocenters. The van der Waals surface area contributed by atoms with Crippen LogP contribution in [0.1, 0.15) is 40.5 Å². The molecule has 8 heteroatoms. The van der Waals surface area contributed by atoms with E-state index in [1.165, 1.54) is 0 Å². The lowest BCUT2D eigenvalue weighted by Crippen LogP contribution is -2.37. The third-order valence-corrected chi connectivity index (χ3v) is 2.71. The van der Waals surface area contributed by atoms with Crippen LogP contribution in [0.15, 0.2) is 0 Å². The molecule has 0 heterocycles. The lowest BCUT2D eigenvalue weighted by molar-refractivity contribution is -0.0537. The average molecular weight is 344 g/mol. The van der Waals surface area contributed by atoms with Crippen LogP contribution in [0.4, 0.5) is 0 Å². The molecule has 0 bridgehead atoms. The van der Waals surface area contributed by atoms with E-state index < -0.39 is 44.4 Å². The number of rotatable bonds is 8. The first-order chi connectivity index (χ1) is 10.5. The molecule has 0 spiro atoms. The van der Waals surface area contributed by atoms with E-state index in [1.54, 1.807) is 0 Å². The van der Waals surface area contributed by atoms with Crippen molar-refractivity contribution in [3.05, 3.63) is 0 Å². The van der Waals surface area contributed by atoms with E-state index in [0.29, 0.717) is 24.7 Å². The quantitative estimate of drug-likeness (QED) is 0.250. The summed E-state index contributed by atoms with van der Waals surface area (Å²) in [7, 11) is 0. The zero-order valence-electron chi connectivity index (χ0n) is 14.6. The van der Waals surface area contributed by atoms with Crippen LogP contribution in [0.25, 0.3) is 0 Å². The second kappa shape index (κ2) is 16.5. The van der Waals surface area contributed by atoms with Gasteiger partial charge in [0, 0.05) is 12.8 Å². The zero-order valence-corrected chi connectivity index (χ0v) is 14.6. The molecule has 0 rings (SSSR count). The van der Waals surface area contributed by atoms with Gasteiger partial charge in [-0.15, -0.1) is 0 Å². The molecule has 0 aromatic heterocycles. The molecule has 0 atom stereocenters. The summed E-state index contributed by atoms with van der Waals surface area (Å²) in [4.78, 5) is 0. The fourth-order valence-corrected chi connectivity index (χ4v) is 1.14. The summed E-state index contributed by atoms with van der Waals surface area (Å²) in [5.74, 6) is 0.750. The van der Waals surface area contributed by atoms with E-state index in [9.17, 15) is 0 Å². The van der Waals surface area contributed by atoms with Crippen LogP contribution in [0, 0.1) is 17.3 Å². The highest BCUT2D eigenvalue weighted by atomic mass is 16.5. The van der Waals surface area contributed by atoms with Crippen molar-refractivity contribution in [2.45, 2.75) is 53.1 Å². The maximum Gasteiger partial charge on any atom is 0.151 e. The molecule has 0 amide bonds. The van der Waals surface area contributed by atoms with Gasteiger partial charge in [0.25, 0.3) is 0 Å². The molecule has 8 nitrogen and oxygen atoms in total. The first-order valence-corrected chi connectivity index (χ1v) is 7.65. The second-order valence-corrected chi connectivity index (χ2v) is 6.35. The van der Waals surface area contributed by atoms with Crippen molar-refractivity contribution in [2.75, 3.05) is 26.4 Å². The maximum atomic E-state index is 8.50.